The van der Waals surface area contributed by atoms with Gasteiger partial charge >= 0.3 is 0 Å². The van der Waals surface area contributed by atoms with Crippen LogP contribution in [0.5, 0.6) is 0 Å². The molecule has 0 saturated heterocycles. The van der Waals surface area contributed by atoms with Crippen LogP contribution in [0.4, 0.5) is 5.69 Å². The van der Waals surface area contributed by atoms with Crippen LogP contribution < -0.4 is 5.73 Å². The van der Waals surface area contributed by atoms with E-state index in [1.807, 2.05) is 32.6 Å². The number of rotatable bonds is 6. The highest BCUT2D eigenvalue weighted by Gasteiger charge is 2.17. The number of hydrogen-bond acceptors (Lipinski definition) is 3. The smallest absolute Gasteiger partial charge is 0.244 e. The molecule has 1 aromatic rings. The number of hydrogen-bond donors (Lipinski definition) is 1. The van der Waals surface area contributed by atoms with Crippen molar-refractivity contribution in [1.82, 2.24) is 14.7 Å². The molecule has 1 rings (SSSR count). The molecule has 0 atom stereocenters. The zero-order valence-corrected chi connectivity index (χ0v) is 11.9. The van der Waals surface area contributed by atoms with Crippen LogP contribution in [-0.2, 0) is 24.2 Å². The Balaban J connectivity index is 2.93. The summed E-state index contributed by atoms with van der Waals surface area (Å²) in [5, 5.41) is 4.43. The second-order valence-corrected chi connectivity index (χ2v) is 4.24. The molecule has 5 nitrogen and oxygen atoms in total. The summed E-state index contributed by atoms with van der Waals surface area (Å²) in [6, 6.07) is 0. The largest absolute Gasteiger partial charge is 0.396 e. The molecule has 18 heavy (non-hydrogen) atoms. The topological polar surface area (TPSA) is 64.2 Å². The lowest BCUT2D eigenvalue weighted by atomic mass is 10.2. The van der Waals surface area contributed by atoms with Gasteiger partial charge in [0, 0.05) is 13.1 Å². The standard InChI is InChI=1S/C13H24N4O/c1-5-10-13(14)11(6-2)17(15-10)9-12(18)16(7-3)8-4/h5-9,14H2,1-4H3. The Bertz CT molecular complexity index is 407. The summed E-state index contributed by atoms with van der Waals surface area (Å²) in [6.45, 7) is 9.77. The molecule has 1 heterocycles. The van der Waals surface area contributed by atoms with Gasteiger partial charge in [0.25, 0.3) is 0 Å². The quantitative estimate of drug-likeness (QED) is 0.833. The molecule has 2 N–H and O–H groups in total. The zero-order valence-electron chi connectivity index (χ0n) is 11.9. The molecular formula is C13H24N4O. The molecule has 0 aliphatic carbocycles. The van der Waals surface area contributed by atoms with Gasteiger partial charge in [0.15, 0.2) is 0 Å². The Kier molecular flexibility index (Phi) is 5.19. The van der Waals surface area contributed by atoms with Crippen molar-refractivity contribution in [3.63, 3.8) is 0 Å². The summed E-state index contributed by atoms with van der Waals surface area (Å²) in [5.74, 6) is 0.0971. The average molecular weight is 252 g/mol. The maximum Gasteiger partial charge on any atom is 0.244 e. The maximum absolute atomic E-state index is 12.1. The molecule has 0 fully saturated rings. The molecule has 0 saturated carbocycles. The van der Waals surface area contributed by atoms with Gasteiger partial charge in [-0.15, -0.1) is 0 Å². The zero-order chi connectivity index (χ0) is 13.7. The van der Waals surface area contributed by atoms with Gasteiger partial charge in [-0.25, -0.2) is 0 Å². The number of aromatic nitrogens is 2. The van der Waals surface area contributed by atoms with Gasteiger partial charge < -0.3 is 10.6 Å². The molecule has 1 amide bonds. The number of carbonyl (C=O) groups is 1. The maximum atomic E-state index is 12.1. The van der Waals surface area contributed by atoms with Crippen LogP contribution in [0, 0.1) is 0 Å². The van der Waals surface area contributed by atoms with Crippen molar-refractivity contribution in [3.8, 4) is 0 Å². The van der Waals surface area contributed by atoms with Crippen molar-refractivity contribution in [3.05, 3.63) is 11.4 Å². The number of nitrogen functional groups attached to an aromatic ring is 1. The van der Waals surface area contributed by atoms with Crippen molar-refractivity contribution in [2.24, 2.45) is 0 Å². The van der Waals surface area contributed by atoms with E-state index in [9.17, 15) is 4.79 Å². The van der Waals surface area contributed by atoms with Gasteiger partial charge in [-0.3, -0.25) is 9.48 Å². The molecule has 0 radical (unpaired) electrons. The van der Waals surface area contributed by atoms with Crippen LogP contribution in [0.3, 0.4) is 0 Å². The van der Waals surface area contributed by atoms with Crippen molar-refractivity contribution in [2.75, 3.05) is 18.8 Å². The normalized spacial score (nSPS) is 10.7. The first-order chi connectivity index (χ1) is 8.58. The Hall–Kier alpha value is -1.52. The monoisotopic (exact) mass is 252 g/mol. The van der Waals surface area contributed by atoms with Crippen LogP contribution in [0.25, 0.3) is 0 Å². The molecular weight excluding hydrogens is 228 g/mol. The van der Waals surface area contributed by atoms with E-state index in [-0.39, 0.29) is 12.5 Å². The minimum absolute atomic E-state index is 0.0971. The summed E-state index contributed by atoms with van der Waals surface area (Å²) in [6.07, 6.45) is 1.59. The van der Waals surface area contributed by atoms with Gasteiger partial charge in [-0.05, 0) is 26.7 Å². The number of anilines is 1. The fourth-order valence-electron chi connectivity index (χ4n) is 2.13. The van der Waals surface area contributed by atoms with E-state index in [1.165, 1.54) is 0 Å². The van der Waals surface area contributed by atoms with Gasteiger partial charge in [-0.2, -0.15) is 5.10 Å². The molecule has 102 valence electrons. The summed E-state index contributed by atoms with van der Waals surface area (Å²) in [7, 11) is 0. The predicted octanol–water partition coefficient (Wildman–Crippen LogP) is 1.46. The van der Waals surface area contributed by atoms with E-state index < -0.39 is 0 Å². The Morgan fingerprint density at radius 2 is 1.83 bits per heavy atom. The molecule has 0 unspecified atom stereocenters. The van der Waals surface area contributed by atoms with Crippen LogP contribution in [0.2, 0.25) is 0 Å². The molecule has 1 aromatic heterocycles. The predicted molar refractivity (Wildman–Crippen MR) is 73.3 cm³/mol. The van der Waals surface area contributed by atoms with Gasteiger partial charge in [0.05, 0.1) is 17.1 Å². The third kappa shape index (κ3) is 2.83. The fourth-order valence-corrected chi connectivity index (χ4v) is 2.13. The third-order valence-corrected chi connectivity index (χ3v) is 3.25. The molecule has 0 aliphatic heterocycles. The number of carbonyl (C=O) groups excluding carboxylic acids is 1. The number of likely N-dealkylation sites (N-methyl/N-ethyl adjacent to an activating group) is 1. The lowest BCUT2D eigenvalue weighted by Gasteiger charge is -2.19. The third-order valence-electron chi connectivity index (χ3n) is 3.25. The number of nitrogens with two attached hydrogens (primary N) is 1. The van der Waals surface area contributed by atoms with E-state index in [1.54, 1.807) is 4.68 Å². The van der Waals surface area contributed by atoms with Crippen LogP contribution in [-0.4, -0.2) is 33.7 Å². The van der Waals surface area contributed by atoms with Crippen molar-refractivity contribution >= 4 is 11.6 Å². The van der Waals surface area contributed by atoms with Gasteiger partial charge in [0.2, 0.25) is 5.91 Å². The minimum Gasteiger partial charge on any atom is -0.396 e. The molecule has 0 bridgehead atoms. The molecule has 0 aliphatic rings. The second-order valence-electron chi connectivity index (χ2n) is 4.24. The Morgan fingerprint density at radius 1 is 1.22 bits per heavy atom. The van der Waals surface area contributed by atoms with E-state index in [0.717, 1.165) is 43.0 Å². The van der Waals surface area contributed by atoms with E-state index in [4.69, 9.17) is 5.73 Å². The minimum atomic E-state index is 0.0971. The lowest BCUT2D eigenvalue weighted by Crippen LogP contribution is -2.34. The summed E-state index contributed by atoms with van der Waals surface area (Å²) in [4.78, 5) is 13.9. The summed E-state index contributed by atoms with van der Waals surface area (Å²) < 4.78 is 1.76. The van der Waals surface area contributed by atoms with Crippen LogP contribution >= 0.6 is 0 Å². The van der Waals surface area contributed by atoms with E-state index in [0.29, 0.717) is 0 Å². The van der Waals surface area contributed by atoms with Crippen LogP contribution in [0.15, 0.2) is 0 Å². The number of nitrogens with zero attached hydrogens (tertiary/aromatic N) is 3. The van der Waals surface area contributed by atoms with Crippen molar-refractivity contribution < 1.29 is 4.79 Å². The second kappa shape index (κ2) is 6.42. The fraction of sp³-hybridized carbons (Fsp3) is 0.692. The van der Waals surface area contributed by atoms with Crippen molar-refractivity contribution in [2.45, 2.75) is 47.1 Å². The Morgan fingerprint density at radius 3 is 2.28 bits per heavy atom. The number of amides is 1. The van der Waals surface area contributed by atoms with Crippen LogP contribution in [0.1, 0.15) is 39.1 Å². The molecule has 0 aromatic carbocycles. The highest BCUT2D eigenvalue weighted by Crippen LogP contribution is 2.18. The summed E-state index contributed by atoms with van der Waals surface area (Å²) in [5.41, 5.74) is 8.63. The van der Waals surface area contributed by atoms with Gasteiger partial charge in [-0.1, -0.05) is 13.8 Å². The summed E-state index contributed by atoms with van der Waals surface area (Å²) >= 11 is 0. The van der Waals surface area contributed by atoms with E-state index in [2.05, 4.69) is 5.10 Å². The lowest BCUT2D eigenvalue weighted by molar-refractivity contribution is -0.131. The van der Waals surface area contributed by atoms with Gasteiger partial charge in [0.1, 0.15) is 6.54 Å². The first-order valence-corrected chi connectivity index (χ1v) is 6.70. The Labute approximate surface area is 109 Å². The first-order valence-electron chi connectivity index (χ1n) is 6.70. The number of aryl methyl sites for hydroxylation is 1. The molecule has 5 heteroatoms. The SMILES string of the molecule is CCc1nn(CC(=O)N(CC)CC)c(CC)c1N. The van der Waals surface area contributed by atoms with E-state index >= 15 is 0 Å². The molecule has 0 spiro atoms. The highest BCUT2D eigenvalue weighted by atomic mass is 16.2. The average Bonchev–Trinajstić information content (AvgIpc) is 2.66. The highest BCUT2D eigenvalue weighted by molar-refractivity contribution is 5.76. The van der Waals surface area contributed by atoms with Crippen molar-refractivity contribution in [1.29, 1.82) is 0 Å². The first kappa shape index (κ1) is 14.5.